The number of halogens is 1. The second-order valence-corrected chi connectivity index (χ2v) is 20.8. The third-order valence-electron chi connectivity index (χ3n) is 15.3. The van der Waals surface area contributed by atoms with Crippen LogP contribution < -0.4 is 10.6 Å². The van der Waals surface area contributed by atoms with Gasteiger partial charge in [0.25, 0.3) is 0 Å². The molecule has 80 heavy (non-hydrogen) atoms. The molecule has 1 unspecified atom stereocenters. The smallest absolute Gasteiger partial charge is 0.407 e. The summed E-state index contributed by atoms with van der Waals surface area (Å²) in [6, 6.07) is 24.3. The summed E-state index contributed by atoms with van der Waals surface area (Å²) in [5.41, 5.74) is 20.1. The molecule has 8 rings (SSSR count). The lowest BCUT2D eigenvalue weighted by Crippen LogP contribution is -2.66. The molecule has 4 saturated heterocycles. The number of alkyl halides is 1. The number of fused-ring (bicyclic) bond motifs is 1. The monoisotopic (exact) mass is 1120 g/mol. The zero-order valence-electron chi connectivity index (χ0n) is 44.1. The maximum atomic E-state index is 15.1. The van der Waals surface area contributed by atoms with Crippen LogP contribution in [0, 0.1) is 17.8 Å². The average Bonchev–Trinajstić information content (AvgIpc) is 3.77. The Kier molecular flexibility index (Phi) is 21.4. The summed E-state index contributed by atoms with van der Waals surface area (Å²) in [6.07, 6.45) is -23.4. The molecule has 0 bridgehead atoms. The molecular formula is C54H69FN8O17. The predicted octanol–water partition coefficient (Wildman–Crippen LogP) is 4.86. The predicted molar refractivity (Wildman–Crippen MR) is 276 cm³/mol. The summed E-state index contributed by atoms with van der Waals surface area (Å²) in [7, 11) is 0. The summed E-state index contributed by atoms with van der Waals surface area (Å²) < 4.78 is 70.9. The van der Waals surface area contributed by atoms with Gasteiger partial charge in [-0.2, -0.15) is 0 Å². The highest BCUT2D eigenvalue weighted by Gasteiger charge is 2.56. The highest BCUT2D eigenvalue weighted by atomic mass is 19.1. The van der Waals surface area contributed by atoms with Crippen LogP contribution in [-0.2, 0) is 60.6 Å². The molecule has 21 atom stereocenters. The van der Waals surface area contributed by atoms with E-state index in [4.69, 9.17) is 53.7 Å². The van der Waals surface area contributed by atoms with Gasteiger partial charge in [-0.1, -0.05) is 115 Å². The Morgan fingerprint density at radius 3 is 1.93 bits per heavy atom. The minimum Gasteiger partial charge on any atom is -0.445 e. The zero-order valence-corrected chi connectivity index (χ0v) is 44.1. The van der Waals surface area contributed by atoms with Gasteiger partial charge in [-0.3, -0.25) is 4.79 Å². The van der Waals surface area contributed by atoms with Crippen LogP contribution in [0.15, 0.2) is 101 Å². The number of Topliss-reactive ketones (excluding diaryl/α,β-unsaturated/α-hetero) is 1. The van der Waals surface area contributed by atoms with Crippen LogP contribution in [0.5, 0.6) is 0 Å². The fourth-order valence-electron chi connectivity index (χ4n) is 11.0. The Labute approximate surface area is 460 Å². The largest absolute Gasteiger partial charge is 0.445 e. The number of carbonyl (C=O) groups excluding carboxylic acids is 3. The average molecular weight is 1120 g/mol. The van der Waals surface area contributed by atoms with Gasteiger partial charge < -0.3 is 78.8 Å². The van der Waals surface area contributed by atoms with Crippen LogP contribution in [0.25, 0.3) is 20.9 Å². The van der Waals surface area contributed by atoms with Crippen molar-refractivity contribution in [3.63, 3.8) is 0 Å². The number of aliphatic hydroxyl groups excluding tert-OH is 5. The molecule has 2 amide bonds. The lowest BCUT2D eigenvalue weighted by atomic mass is 9.73. The van der Waals surface area contributed by atoms with Crippen LogP contribution in [0.4, 0.5) is 14.0 Å². The van der Waals surface area contributed by atoms with E-state index in [2.05, 4.69) is 30.7 Å². The standard InChI is InChI=1S/C54H69FN8O17/c1-28-20-33(21-36(65)29(2)35(55)24-59-63-57)43(67)49(46(28)78-50-41(37(66)22-34(74-50)23-58-62-56)60-53(70)72-26-30-12-6-3-7-13-30)80-52-45(69)48(40(25-64)77-52)79-51-42(61-54(71)73-27-31-14-8-4-9-15-31)44(68)47-39(76-51)19-18-38(75-47)32-16-10-5-11-17-32/h3-17,28-29,33-35,37-52,64,66-69H,18-27H2,1-2H3,(H,60,70)(H,61,71)/t28-,29-,33-,34-,35+,37+,38?,39-,40+,41+,42+,43-,44+,45+,46+,47+,48+,49+,50+,51+,52-/m0/s1. The number of ether oxygens (including phenoxy) is 9. The van der Waals surface area contributed by atoms with E-state index in [1.807, 2.05) is 30.3 Å². The fraction of sp³-hybridized carbons (Fsp3) is 0.611. The lowest BCUT2D eigenvalue weighted by Gasteiger charge is -2.48. The molecule has 3 aromatic rings. The number of azide groups is 2. The van der Waals surface area contributed by atoms with Gasteiger partial charge in [-0.05, 0) is 58.9 Å². The quantitative estimate of drug-likeness (QED) is 0.0401. The molecule has 0 aromatic heterocycles. The molecule has 4 aliphatic heterocycles. The lowest BCUT2D eigenvalue weighted by molar-refractivity contribution is -0.311. The first-order valence-corrected chi connectivity index (χ1v) is 26.7. The number of nitrogens with zero attached hydrogens (tertiary/aromatic N) is 6. The summed E-state index contributed by atoms with van der Waals surface area (Å²) >= 11 is 0. The van der Waals surface area contributed by atoms with Gasteiger partial charge in [0.05, 0.1) is 56.3 Å². The highest BCUT2D eigenvalue weighted by molar-refractivity contribution is 5.81. The van der Waals surface area contributed by atoms with Gasteiger partial charge >= 0.3 is 12.2 Å². The van der Waals surface area contributed by atoms with Crippen molar-refractivity contribution >= 4 is 18.0 Å². The molecule has 0 radical (unpaired) electrons. The van der Waals surface area contributed by atoms with Crippen LogP contribution in [0.2, 0.25) is 0 Å². The van der Waals surface area contributed by atoms with E-state index in [0.717, 1.165) is 5.56 Å². The van der Waals surface area contributed by atoms with Crippen molar-refractivity contribution in [1.29, 1.82) is 0 Å². The molecule has 7 N–H and O–H groups in total. The van der Waals surface area contributed by atoms with E-state index in [-0.39, 0.29) is 39.0 Å². The van der Waals surface area contributed by atoms with E-state index >= 15 is 4.39 Å². The molecule has 3 aromatic carbocycles. The number of hydrogen-bond donors (Lipinski definition) is 7. The first-order chi connectivity index (χ1) is 38.6. The van der Waals surface area contributed by atoms with Crippen LogP contribution >= 0.6 is 0 Å². The number of hydrogen-bond acceptors (Lipinski definition) is 19. The number of ketones is 1. The zero-order chi connectivity index (χ0) is 56.9. The fourth-order valence-corrected chi connectivity index (χ4v) is 11.0. The summed E-state index contributed by atoms with van der Waals surface area (Å²) in [6.45, 7) is 1.14. The number of rotatable bonds is 22. The molecule has 4 heterocycles. The third-order valence-corrected chi connectivity index (χ3v) is 15.3. The first kappa shape index (κ1) is 60.0. The highest BCUT2D eigenvalue weighted by Crippen LogP contribution is 2.42. The van der Waals surface area contributed by atoms with Crippen molar-refractivity contribution in [3.05, 3.63) is 129 Å². The summed E-state index contributed by atoms with van der Waals surface area (Å²) in [4.78, 5) is 45.8. The number of alkyl carbamates (subject to hydrolysis) is 2. The van der Waals surface area contributed by atoms with E-state index < -0.39 is 159 Å². The molecule has 0 spiro atoms. The van der Waals surface area contributed by atoms with Crippen molar-refractivity contribution in [3.8, 4) is 0 Å². The van der Waals surface area contributed by atoms with E-state index in [0.29, 0.717) is 24.0 Å². The Hall–Kier alpha value is -6.06. The molecule has 26 heteroatoms. The van der Waals surface area contributed by atoms with Gasteiger partial charge in [0.15, 0.2) is 18.9 Å². The van der Waals surface area contributed by atoms with Crippen LogP contribution in [0.1, 0.15) is 68.7 Å². The number of aliphatic hydroxyl groups is 5. The summed E-state index contributed by atoms with van der Waals surface area (Å²) in [5, 5.41) is 71.1. The first-order valence-electron chi connectivity index (χ1n) is 26.7. The Morgan fingerprint density at radius 1 is 0.713 bits per heavy atom. The summed E-state index contributed by atoms with van der Waals surface area (Å²) in [5.74, 6) is -3.50. The minimum atomic E-state index is -1.84. The van der Waals surface area contributed by atoms with E-state index in [1.165, 1.54) is 6.92 Å². The molecular weight excluding hydrogens is 1050 g/mol. The minimum absolute atomic E-state index is 0.0483. The number of nitrogens with one attached hydrogen (secondary N) is 2. The second kappa shape index (κ2) is 28.6. The van der Waals surface area contributed by atoms with Crippen LogP contribution in [0.3, 0.4) is 0 Å². The van der Waals surface area contributed by atoms with Gasteiger partial charge in [0, 0.05) is 28.6 Å². The second-order valence-electron chi connectivity index (χ2n) is 20.8. The SMILES string of the molecule is C[C@H](C(=O)C[C@@H]1C[C@H](C)[C@@H](O[C@H]2O[C@H](CN=[N+]=[N-])C[C@@H](O)[C@H]2NC(=O)OCc2ccccc2)[C@H](O[C@@H]2O[C@H](CO)[C@@H](O[C@H]3O[C@H]4CCC(c5ccccc5)O[C@H]4[C@H](O)[C@H]3NC(=O)OCc3ccccc3)[C@H]2O)[C@H]1O)[C@H](F)CN=[N+]=[N-]. The van der Waals surface area contributed by atoms with Crippen LogP contribution in [-0.4, -0.2) is 167 Å². The van der Waals surface area contributed by atoms with E-state index in [1.54, 1.807) is 67.6 Å². The van der Waals surface area contributed by atoms with Crippen molar-refractivity contribution in [1.82, 2.24) is 10.6 Å². The number of benzene rings is 3. The van der Waals surface area contributed by atoms with Crippen molar-refractivity contribution < 1.29 is 86.9 Å². The topological polar surface area (TPSA) is 357 Å². The van der Waals surface area contributed by atoms with Gasteiger partial charge in [-0.25, -0.2) is 14.0 Å². The molecule has 25 nitrogen and oxygen atoms in total. The Morgan fingerprint density at radius 2 is 1.30 bits per heavy atom. The molecule has 5 aliphatic rings. The van der Waals surface area contributed by atoms with Gasteiger partial charge in [-0.15, -0.1) is 0 Å². The van der Waals surface area contributed by atoms with Gasteiger partial charge in [0.2, 0.25) is 0 Å². The van der Waals surface area contributed by atoms with Crippen molar-refractivity contribution in [2.45, 2.75) is 170 Å². The molecule has 1 aliphatic carbocycles. The van der Waals surface area contributed by atoms with Gasteiger partial charge in [0.1, 0.15) is 73.9 Å². The maximum absolute atomic E-state index is 15.1. The normalized spacial score (nSPS) is 34.7. The number of carbonyl (C=O) groups is 3. The van der Waals surface area contributed by atoms with Crippen molar-refractivity contribution in [2.24, 2.45) is 28.0 Å². The third kappa shape index (κ3) is 15.1. The molecule has 434 valence electrons. The van der Waals surface area contributed by atoms with E-state index in [9.17, 15) is 39.9 Å². The maximum Gasteiger partial charge on any atom is 0.407 e. The number of amides is 2. The Bertz CT molecular complexity index is 2580. The Balaban J connectivity index is 1.04. The van der Waals surface area contributed by atoms with Crippen molar-refractivity contribution in [2.75, 3.05) is 19.7 Å². The molecule has 5 fully saturated rings. The molecule has 1 saturated carbocycles.